The molecule has 1 fully saturated rings. The van der Waals surface area contributed by atoms with E-state index in [9.17, 15) is 9.50 Å². The van der Waals surface area contributed by atoms with Crippen molar-refractivity contribution in [3.8, 4) is 0 Å². The molecule has 1 aliphatic carbocycles. The lowest BCUT2D eigenvalue weighted by molar-refractivity contribution is 0.0369. The monoisotopic (exact) mass is 312 g/mol. The molecule has 0 aromatic heterocycles. The van der Waals surface area contributed by atoms with Gasteiger partial charge in [-0.2, -0.15) is 0 Å². The summed E-state index contributed by atoms with van der Waals surface area (Å²) in [6, 6.07) is 4.90. The van der Waals surface area contributed by atoms with Crippen molar-refractivity contribution >= 4 is 11.6 Å². The Morgan fingerprint density at radius 1 is 1.29 bits per heavy atom. The highest BCUT2D eigenvalue weighted by Crippen LogP contribution is 2.46. The van der Waals surface area contributed by atoms with Gasteiger partial charge in [0, 0.05) is 6.61 Å². The van der Waals surface area contributed by atoms with Crippen molar-refractivity contribution in [3.63, 3.8) is 0 Å². The number of benzene rings is 1. The van der Waals surface area contributed by atoms with E-state index >= 15 is 0 Å². The second kappa shape index (κ2) is 6.26. The predicted molar refractivity (Wildman–Crippen MR) is 86.0 cm³/mol. The van der Waals surface area contributed by atoms with Crippen LogP contribution in [0.1, 0.15) is 52.0 Å². The first kappa shape index (κ1) is 16.8. The summed E-state index contributed by atoms with van der Waals surface area (Å²) < 4.78 is 13.3. The molecule has 0 radical (unpaired) electrons. The fourth-order valence-corrected chi connectivity index (χ4v) is 3.77. The lowest BCUT2D eigenvalue weighted by Crippen LogP contribution is -2.36. The minimum absolute atomic E-state index is 0.0666. The molecule has 1 saturated carbocycles. The van der Waals surface area contributed by atoms with Crippen molar-refractivity contribution in [2.24, 2.45) is 16.7 Å². The lowest BCUT2D eigenvalue weighted by Gasteiger charge is -2.43. The van der Waals surface area contributed by atoms with E-state index in [4.69, 9.17) is 11.6 Å². The van der Waals surface area contributed by atoms with Gasteiger partial charge in [0.25, 0.3) is 0 Å². The Bertz CT molecular complexity index is 484. The Hall–Kier alpha value is -0.600. The summed E-state index contributed by atoms with van der Waals surface area (Å²) in [5, 5.41) is 10.1. The van der Waals surface area contributed by atoms with Crippen molar-refractivity contribution in [1.82, 2.24) is 0 Å². The fraction of sp³-hybridized carbons (Fsp3) is 0.667. The minimum atomic E-state index is -0.380. The van der Waals surface area contributed by atoms with E-state index in [2.05, 4.69) is 20.8 Å². The molecule has 118 valence electrons. The van der Waals surface area contributed by atoms with Crippen LogP contribution in [-0.2, 0) is 6.42 Å². The summed E-state index contributed by atoms with van der Waals surface area (Å²) in [6.45, 7) is 7.08. The summed E-state index contributed by atoms with van der Waals surface area (Å²) in [5.41, 5.74) is 1.29. The molecular weight excluding hydrogens is 287 g/mol. The first-order valence-electron chi connectivity index (χ1n) is 7.81. The van der Waals surface area contributed by atoms with Gasteiger partial charge in [0.15, 0.2) is 0 Å². The Morgan fingerprint density at radius 3 is 2.38 bits per heavy atom. The zero-order chi connectivity index (χ0) is 15.7. The third-order valence-corrected chi connectivity index (χ3v) is 5.46. The first-order chi connectivity index (χ1) is 9.76. The summed E-state index contributed by atoms with van der Waals surface area (Å²) in [7, 11) is 0. The Balaban J connectivity index is 2.08. The number of hydrogen-bond donors (Lipinski definition) is 1. The zero-order valence-electron chi connectivity index (χ0n) is 13.3. The molecule has 1 nitrogen and oxygen atoms in total. The molecule has 2 rings (SSSR count). The van der Waals surface area contributed by atoms with Crippen molar-refractivity contribution < 1.29 is 9.50 Å². The molecule has 0 amide bonds. The SMILES string of the molecule is CC(C)(C)C1CCC(CO)(Cc2ccc(F)c(Cl)c2)CC1. The maximum Gasteiger partial charge on any atom is 0.141 e. The topological polar surface area (TPSA) is 20.2 Å². The quantitative estimate of drug-likeness (QED) is 0.809. The number of hydrogen-bond acceptors (Lipinski definition) is 1. The van der Waals surface area contributed by atoms with Crippen LogP contribution in [0.15, 0.2) is 18.2 Å². The van der Waals surface area contributed by atoms with Gasteiger partial charge in [-0.1, -0.05) is 38.4 Å². The van der Waals surface area contributed by atoms with Gasteiger partial charge in [-0.25, -0.2) is 4.39 Å². The van der Waals surface area contributed by atoms with Crippen molar-refractivity contribution in [2.45, 2.75) is 52.9 Å². The highest BCUT2D eigenvalue weighted by atomic mass is 35.5. The van der Waals surface area contributed by atoms with Crippen LogP contribution in [0.2, 0.25) is 5.02 Å². The summed E-state index contributed by atoms with van der Waals surface area (Å²) in [5.74, 6) is 0.337. The third-order valence-electron chi connectivity index (χ3n) is 5.17. The first-order valence-corrected chi connectivity index (χ1v) is 8.18. The average molecular weight is 313 g/mol. The molecule has 1 aromatic carbocycles. The van der Waals surface area contributed by atoms with Gasteiger partial charge in [0.1, 0.15) is 5.82 Å². The predicted octanol–water partition coefficient (Wildman–Crippen LogP) is 5.24. The van der Waals surface area contributed by atoms with Crippen molar-refractivity contribution in [1.29, 1.82) is 0 Å². The molecule has 0 heterocycles. The minimum Gasteiger partial charge on any atom is -0.396 e. The van der Waals surface area contributed by atoms with Crippen molar-refractivity contribution in [3.05, 3.63) is 34.6 Å². The molecule has 3 heteroatoms. The van der Waals surface area contributed by atoms with Gasteiger partial charge < -0.3 is 5.11 Å². The fourth-order valence-electron chi connectivity index (χ4n) is 3.57. The van der Waals surface area contributed by atoms with E-state index in [-0.39, 0.29) is 22.9 Å². The van der Waals surface area contributed by atoms with Crippen LogP contribution >= 0.6 is 11.6 Å². The summed E-state index contributed by atoms with van der Waals surface area (Å²) >= 11 is 5.87. The molecule has 0 saturated heterocycles. The van der Waals surface area contributed by atoms with Crippen LogP contribution in [0.5, 0.6) is 0 Å². The van der Waals surface area contributed by atoms with Crippen LogP contribution in [0.3, 0.4) is 0 Å². The van der Waals surface area contributed by atoms with E-state index < -0.39 is 0 Å². The van der Waals surface area contributed by atoms with E-state index in [1.807, 2.05) is 0 Å². The molecule has 0 aliphatic heterocycles. The van der Waals surface area contributed by atoms with Crippen LogP contribution in [0.4, 0.5) is 4.39 Å². The van der Waals surface area contributed by atoms with Crippen molar-refractivity contribution in [2.75, 3.05) is 6.61 Å². The van der Waals surface area contributed by atoms with Gasteiger partial charge in [0.05, 0.1) is 5.02 Å². The summed E-state index contributed by atoms with van der Waals surface area (Å²) in [4.78, 5) is 0. The molecule has 1 aliphatic rings. The van der Waals surface area contributed by atoms with Crippen LogP contribution < -0.4 is 0 Å². The third kappa shape index (κ3) is 3.98. The van der Waals surface area contributed by atoms with E-state index in [1.54, 1.807) is 12.1 Å². The largest absolute Gasteiger partial charge is 0.396 e. The second-order valence-corrected chi connectivity index (χ2v) is 8.13. The summed E-state index contributed by atoms with van der Waals surface area (Å²) in [6.07, 6.45) is 5.14. The normalized spacial score (nSPS) is 26.9. The zero-order valence-corrected chi connectivity index (χ0v) is 14.0. The highest BCUT2D eigenvalue weighted by molar-refractivity contribution is 6.30. The smallest absolute Gasteiger partial charge is 0.141 e. The van der Waals surface area contributed by atoms with Gasteiger partial charge in [-0.3, -0.25) is 0 Å². The molecular formula is C18H26ClFO. The van der Waals surface area contributed by atoms with E-state index in [0.29, 0.717) is 11.3 Å². The molecule has 0 atom stereocenters. The molecule has 1 N–H and O–H groups in total. The maximum atomic E-state index is 13.3. The van der Waals surface area contributed by atoms with E-state index in [0.717, 1.165) is 37.7 Å². The van der Waals surface area contributed by atoms with Crippen LogP contribution in [0.25, 0.3) is 0 Å². The molecule has 0 unspecified atom stereocenters. The number of aliphatic hydroxyl groups excluding tert-OH is 1. The number of rotatable bonds is 3. The molecule has 21 heavy (non-hydrogen) atoms. The maximum absolute atomic E-state index is 13.3. The Labute approximate surface area is 132 Å². The van der Waals surface area contributed by atoms with Crippen LogP contribution in [-0.4, -0.2) is 11.7 Å². The van der Waals surface area contributed by atoms with Gasteiger partial charge in [-0.05, 0) is 66.5 Å². The molecule has 1 aromatic rings. The molecule has 0 bridgehead atoms. The standard InChI is InChI=1S/C18H26ClFO/c1-17(2,3)14-6-8-18(12-21,9-7-14)11-13-4-5-16(20)15(19)10-13/h4-5,10,14,21H,6-9,11-12H2,1-3H3. The number of halogens is 2. The average Bonchev–Trinajstić information content (AvgIpc) is 2.42. The van der Waals surface area contributed by atoms with Crippen LogP contribution in [0, 0.1) is 22.6 Å². The Kier molecular flexibility index (Phi) is 4.99. The Morgan fingerprint density at radius 2 is 1.90 bits per heavy atom. The highest BCUT2D eigenvalue weighted by Gasteiger charge is 2.38. The van der Waals surface area contributed by atoms with Gasteiger partial charge >= 0.3 is 0 Å². The van der Waals surface area contributed by atoms with Gasteiger partial charge in [-0.15, -0.1) is 0 Å². The molecule has 0 spiro atoms. The van der Waals surface area contributed by atoms with Gasteiger partial charge in [0.2, 0.25) is 0 Å². The van der Waals surface area contributed by atoms with E-state index in [1.165, 1.54) is 6.07 Å². The second-order valence-electron chi connectivity index (χ2n) is 7.72. The lowest BCUT2D eigenvalue weighted by atomic mass is 9.62. The number of aliphatic hydroxyl groups is 1.